The van der Waals surface area contributed by atoms with Gasteiger partial charge in [-0.1, -0.05) is 12.1 Å². The minimum absolute atomic E-state index is 0.0166. The maximum atomic E-state index is 13.9. The Morgan fingerprint density at radius 1 is 1.16 bits per heavy atom. The molecule has 8 heteroatoms. The first-order valence-corrected chi connectivity index (χ1v) is 10.8. The molecule has 3 rings (SSSR count). The van der Waals surface area contributed by atoms with Crippen LogP contribution in [0, 0.1) is 18.6 Å². The van der Waals surface area contributed by atoms with E-state index >= 15 is 0 Å². The van der Waals surface area contributed by atoms with Gasteiger partial charge in [-0.15, -0.1) is 0 Å². The Balaban J connectivity index is 1.82. The van der Waals surface area contributed by atoms with Crippen molar-refractivity contribution in [3.63, 3.8) is 0 Å². The maximum Gasteiger partial charge on any atom is 0.269 e. The first-order chi connectivity index (χ1) is 15.2. The second kappa shape index (κ2) is 10.1. The van der Waals surface area contributed by atoms with Gasteiger partial charge in [0.05, 0.1) is 6.54 Å². The van der Waals surface area contributed by atoms with Gasteiger partial charge < -0.3 is 14.6 Å². The van der Waals surface area contributed by atoms with Gasteiger partial charge in [0.15, 0.2) is 0 Å². The van der Waals surface area contributed by atoms with Crippen molar-refractivity contribution in [2.45, 2.75) is 40.0 Å². The molecule has 0 saturated carbocycles. The molecule has 0 fully saturated rings. The summed E-state index contributed by atoms with van der Waals surface area (Å²) in [5.74, 6) is -1.30. The Morgan fingerprint density at radius 3 is 2.59 bits per heavy atom. The molecule has 168 valence electrons. The standard InChI is InChI=1S/C24H23BrF2N2O3/c1-14(2)28-23(30)17-6-4-5-16(10-17)12-29-15(3)9-21(22(25)24(29)31)32-13-18-7-8-19(26)11-20(18)27/h4-11,14H,12-13H2,1-3H3,(H,28,30). The number of rotatable bonds is 7. The molecule has 3 aromatic rings. The molecule has 1 heterocycles. The van der Waals surface area contributed by atoms with Gasteiger partial charge in [-0.3, -0.25) is 9.59 Å². The highest BCUT2D eigenvalue weighted by atomic mass is 79.9. The second-order valence-corrected chi connectivity index (χ2v) is 8.50. The molecule has 1 amide bonds. The Kier molecular flexibility index (Phi) is 7.45. The minimum Gasteiger partial charge on any atom is -0.487 e. The van der Waals surface area contributed by atoms with E-state index in [4.69, 9.17) is 4.74 Å². The largest absolute Gasteiger partial charge is 0.487 e. The van der Waals surface area contributed by atoms with Gasteiger partial charge in [-0.05, 0) is 66.5 Å². The van der Waals surface area contributed by atoms with Crippen molar-refractivity contribution < 1.29 is 18.3 Å². The number of hydrogen-bond acceptors (Lipinski definition) is 3. The molecule has 0 aliphatic rings. The molecule has 0 atom stereocenters. The van der Waals surface area contributed by atoms with Crippen LogP contribution in [-0.2, 0) is 13.2 Å². The van der Waals surface area contributed by atoms with Gasteiger partial charge in [0.1, 0.15) is 28.5 Å². The zero-order valence-corrected chi connectivity index (χ0v) is 19.5. The summed E-state index contributed by atoms with van der Waals surface area (Å²) in [5, 5.41) is 2.84. The highest BCUT2D eigenvalue weighted by Crippen LogP contribution is 2.24. The monoisotopic (exact) mass is 504 g/mol. The molecule has 0 aliphatic heterocycles. The van der Waals surface area contributed by atoms with E-state index in [0.717, 1.165) is 17.7 Å². The lowest BCUT2D eigenvalue weighted by molar-refractivity contribution is 0.0943. The molecular formula is C24H23BrF2N2O3. The van der Waals surface area contributed by atoms with Crippen LogP contribution in [0.2, 0.25) is 0 Å². The van der Waals surface area contributed by atoms with Crippen molar-refractivity contribution in [2.24, 2.45) is 0 Å². The number of nitrogens with zero attached hydrogens (tertiary/aromatic N) is 1. The zero-order valence-electron chi connectivity index (χ0n) is 17.9. The number of carbonyl (C=O) groups excluding carboxylic acids is 1. The smallest absolute Gasteiger partial charge is 0.269 e. The number of ether oxygens (including phenoxy) is 1. The van der Waals surface area contributed by atoms with Gasteiger partial charge in [0, 0.05) is 35.0 Å². The minimum atomic E-state index is -0.715. The van der Waals surface area contributed by atoms with Crippen LogP contribution >= 0.6 is 15.9 Å². The lowest BCUT2D eigenvalue weighted by atomic mass is 10.1. The van der Waals surface area contributed by atoms with Gasteiger partial charge in [-0.2, -0.15) is 0 Å². The number of carbonyl (C=O) groups is 1. The summed E-state index contributed by atoms with van der Waals surface area (Å²) < 4.78 is 34.3. The van der Waals surface area contributed by atoms with Crippen molar-refractivity contribution in [1.29, 1.82) is 0 Å². The first-order valence-electron chi connectivity index (χ1n) is 10.0. The van der Waals surface area contributed by atoms with Crippen molar-refractivity contribution in [3.05, 3.63) is 97.4 Å². The van der Waals surface area contributed by atoms with E-state index in [2.05, 4.69) is 21.2 Å². The Labute approximate surface area is 193 Å². The predicted molar refractivity (Wildman–Crippen MR) is 122 cm³/mol. The Morgan fingerprint density at radius 2 is 1.91 bits per heavy atom. The summed E-state index contributed by atoms with van der Waals surface area (Å²) in [6.07, 6.45) is 0. The van der Waals surface area contributed by atoms with Gasteiger partial charge in [-0.25, -0.2) is 8.78 Å². The predicted octanol–water partition coefficient (Wildman–Crippen LogP) is 4.96. The number of amides is 1. The summed E-state index contributed by atoms with van der Waals surface area (Å²) in [5.41, 5.74) is 1.79. The third-order valence-electron chi connectivity index (χ3n) is 4.76. The average molecular weight is 505 g/mol. The van der Waals surface area contributed by atoms with Crippen LogP contribution in [0.15, 0.2) is 57.8 Å². The van der Waals surface area contributed by atoms with Crippen molar-refractivity contribution in [1.82, 2.24) is 9.88 Å². The van der Waals surface area contributed by atoms with Crippen LogP contribution in [0.5, 0.6) is 5.75 Å². The third kappa shape index (κ3) is 5.62. The van der Waals surface area contributed by atoms with E-state index in [1.54, 1.807) is 35.8 Å². The molecule has 32 heavy (non-hydrogen) atoms. The Hall–Kier alpha value is -3.00. The SMILES string of the molecule is Cc1cc(OCc2ccc(F)cc2F)c(Br)c(=O)n1Cc1cccc(C(=O)NC(C)C)c1. The molecule has 0 saturated heterocycles. The van der Waals surface area contributed by atoms with Gasteiger partial charge in [0.25, 0.3) is 11.5 Å². The highest BCUT2D eigenvalue weighted by molar-refractivity contribution is 9.10. The summed E-state index contributed by atoms with van der Waals surface area (Å²) in [6, 6.07) is 12.0. The van der Waals surface area contributed by atoms with Crippen LogP contribution in [0.1, 0.15) is 41.0 Å². The molecule has 0 spiro atoms. The molecule has 1 N–H and O–H groups in total. The van der Waals surface area contributed by atoms with E-state index in [-0.39, 0.29) is 46.4 Å². The first kappa shape index (κ1) is 23.7. The third-order valence-corrected chi connectivity index (χ3v) is 5.49. The summed E-state index contributed by atoms with van der Waals surface area (Å²) in [6.45, 7) is 5.64. The summed E-state index contributed by atoms with van der Waals surface area (Å²) in [7, 11) is 0. The quantitative estimate of drug-likeness (QED) is 0.494. The fourth-order valence-electron chi connectivity index (χ4n) is 3.15. The fourth-order valence-corrected chi connectivity index (χ4v) is 3.59. The van der Waals surface area contributed by atoms with E-state index in [1.807, 2.05) is 19.9 Å². The van der Waals surface area contributed by atoms with Crippen molar-refractivity contribution >= 4 is 21.8 Å². The second-order valence-electron chi connectivity index (χ2n) is 7.71. The average Bonchev–Trinajstić information content (AvgIpc) is 2.73. The van der Waals surface area contributed by atoms with Crippen molar-refractivity contribution in [3.8, 4) is 5.75 Å². The highest BCUT2D eigenvalue weighted by Gasteiger charge is 2.15. The lowest BCUT2D eigenvalue weighted by Crippen LogP contribution is -2.30. The van der Waals surface area contributed by atoms with Crippen molar-refractivity contribution in [2.75, 3.05) is 0 Å². The fraction of sp³-hybridized carbons (Fsp3) is 0.250. The molecule has 0 unspecified atom stereocenters. The maximum absolute atomic E-state index is 13.9. The number of pyridine rings is 1. The molecule has 0 bridgehead atoms. The lowest BCUT2D eigenvalue weighted by Gasteiger charge is -2.15. The summed E-state index contributed by atoms with van der Waals surface area (Å²) >= 11 is 3.27. The van der Waals surface area contributed by atoms with Crippen LogP contribution in [0.25, 0.3) is 0 Å². The molecule has 2 aromatic carbocycles. The number of aryl methyl sites for hydroxylation is 1. The summed E-state index contributed by atoms with van der Waals surface area (Å²) in [4.78, 5) is 25.2. The van der Waals surface area contributed by atoms with Crippen LogP contribution in [0.4, 0.5) is 8.78 Å². The number of halogens is 3. The van der Waals surface area contributed by atoms with Gasteiger partial charge in [0.2, 0.25) is 0 Å². The number of hydrogen-bond donors (Lipinski definition) is 1. The zero-order chi connectivity index (χ0) is 23.4. The topological polar surface area (TPSA) is 60.3 Å². The van der Waals surface area contributed by atoms with E-state index in [0.29, 0.717) is 11.3 Å². The number of aromatic nitrogens is 1. The van der Waals surface area contributed by atoms with E-state index in [1.165, 1.54) is 6.07 Å². The van der Waals surface area contributed by atoms with Gasteiger partial charge >= 0.3 is 0 Å². The molecular weight excluding hydrogens is 482 g/mol. The Bertz CT molecular complexity index is 1210. The number of nitrogens with one attached hydrogen (secondary N) is 1. The van der Waals surface area contributed by atoms with E-state index in [9.17, 15) is 18.4 Å². The molecule has 1 aromatic heterocycles. The molecule has 0 radical (unpaired) electrons. The number of benzene rings is 2. The van der Waals surface area contributed by atoms with Crippen LogP contribution < -0.4 is 15.6 Å². The normalized spacial score (nSPS) is 11.0. The molecule has 0 aliphatic carbocycles. The molecule has 5 nitrogen and oxygen atoms in total. The van der Waals surface area contributed by atoms with E-state index < -0.39 is 11.6 Å². The van der Waals surface area contributed by atoms with Crippen LogP contribution in [0.3, 0.4) is 0 Å². The van der Waals surface area contributed by atoms with Crippen LogP contribution in [-0.4, -0.2) is 16.5 Å².